The standard InChI is InChI=1S/C13H16N2O5S/c1-8(13(17)18)14-12(16)9-2-6-11(7-3-9)21(19,20)15-10-4-5-10/h2-3,6-8,10,15H,4-5H2,1H3,(H,14,16)(H,17,18)/t8-/m1/s1. The van der Waals surface area contributed by atoms with Gasteiger partial charge in [0.15, 0.2) is 0 Å². The van der Waals surface area contributed by atoms with Crippen molar-refractivity contribution in [1.29, 1.82) is 0 Å². The number of hydrogen-bond acceptors (Lipinski definition) is 4. The van der Waals surface area contributed by atoms with Crippen molar-refractivity contribution < 1.29 is 23.1 Å². The van der Waals surface area contributed by atoms with E-state index < -0.39 is 27.9 Å². The Bertz CT molecular complexity index is 650. The highest BCUT2D eigenvalue weighted by Gasteiger charge is 2.28. The van der Waals surface area contributed by atoms with Crippen molar-refractivity contribution in [2.45, 2.75) is 36.7 Å². The Hall–Kier alpha value is -1.93. The third kappa shape index (κ3) is 4.02. The van der Waals surface area contributed by atoms with Crippen LogP contribution in [0.3, 0.4) is 0 Å². The Morgan fingerprint density at radius 3 is 2.29 bits per heavy atom. The minimum Gasteiger partial charge on any atom is -0.480 e. The molecule has 21 heavy (non-hydrogen) atoms. The lowest BCUT2D eigenvalue weighted by atomic mass is 10.2. The van der Waals surface area contributed by atoms with Gasteiger partial charge in [0.05, 0.1) is 4.90 Å². The third-order valence-corrected chi connectivity index (χ3v) is 4.58. The lowest BCUT2D eigenvalue weighted by Crippen LogP contribution is -2.38. The topological polar surface area (TPSA) is 113 Å². The Morgan fingerprint density at radius 2 is 1.81 bits per heavy atom. The Labute approximate surface area is 122 Å². The molecule has 0 aliphatic heterocycles. The highest BCUT2D eigenvalue weighted by Crippen LogP contribution is 2.22. The van der Waals surface area contributed by atoms with E-state index in [0.29, 0.717) is 0 Å². The predicted octanol–water partition coefficient (Wildman–Crippen LogP) is 0.330. The molecule has 114 valence electrons. The average Bonchev–Trinajstić information content (AvgIpc) is 3.22. The van der Waals surface area contributed by atoms with Gasteiger partial charge in [-0.2, -0.15) is 0 Å². The molecule has 0 unspecified atom stereocenters. The van der Waals surface area contributed by atoms with Crippen LogP contribution in [-0.4, -0.2) is 37.5 Å². The van der Waals surface area contributed by atoms with Crippen molar-refractivity contribution in [2.24, 2.45) is 0 Å². The quantitative estimate of drug-likeness (QED) is 0.700. The lowest BCUT2D eigenvalue weighted by Gasteiger charge is -2.10. The molecule has 1 aliphatic carbocycles. The smallest absolute Gasteiger partial charge is 0.325 e. The molecule has 1 aliphatic rings. The number of sulfonamides is 1. The first kappa shape index (κ1) is 15.5. The van der Waals surface area contributed by atoms with Crippen molar-refractivity contribution >= 4 is 21.9 Å². The third-order valence-electron chi connectivity index (χ3n) is 3.04. The summed E-state index contributed by atoms with van der Waals surface area (Å²) in [6.45, 7) is 1.35. The van der Waals surface area contributed by atoms with Crippen LogP contribution in [0.15, 0.2) is 29.2 Å². The molecule has 0 radical (unpaired) electrons. The summed E-state index contributed by atoms with van der Waals surface area (Å²) in [5, 5.41) is 11.0. The summed E-state index contributed by atoms with van der Waals surface area (Å²) in [7, 11) is -3.55. The Balaban J connectivity index is 2.07. The SMILES string of the molecule is C[C@@H](NC(=O)c1ccc(S(=O)(=O)NC2CC2)cc1)C(=O)O. The van der Waals surface area contributed by atoms with Crippen molar-refractivity contribution in [3.05, 3.63) is 29.8 Å². The molecule has 7 nitrogen and oxygen atoms in total. The van der Waals surface area contributed by atoms with E-state index in [1.54, 1.807) is 0 Å². The monoisotopic (exact) mass is 312 g/mol. The van der Waals surface area contributed by atoms with Gasteiger partial charge in [-0.1, -0.05) is 0 Å². The van der Waals surface area contributed by atoms with E-state index in [0.717, 1.165) is 12.8 Å². The summed E-state index contributed by atoms with van der Waals surface area (Å²) in [6.07, 6.45) is 1.68. The number of hydrogen-bond donors (Lipinski definition) is 3. The average molecular weight is 312 g/mol. The zero-order chi connectivity index (χ0) is 15.6. The molecule has 0 aromatic heterocycles. The number of carboxylic acids is 1. The van der Waals surface area contributed by atoms with E-state index in [9.17, 15) is 18.0 Å². The summed E-state index contributed by atoms with van der Waals surface area (Å²) < 4.78 is 26.4. The van der Waals surface area contributed by atoms with Crippen LogP contribution in [0.4, 0.5) is 0 Å². The van der Waals surface area contributed by atoms with Gasteiger partial charge in [0.1, 0.15) is 6.04 Å². The van der Waals surface area contributed by atoms with Crippen molar-refractivity contribution in [3.8, 4) is 0 Å². The fourth-order valence-corrected chi connectivity index (χ4v) is 2.92. The van der Waals surface area contributed by atoms with E-state index >= 15 is 0 Å². The first-order valence-electron chi connectivity index (χ1n) is 6.45. The maximum atomic E-state index is 11.9. The molecule has 1 aromatic carbocycles. The largest absolute Gasteiger partial charge is 0.480 e. The second-order valence-corrected chi connectivity index (χ2v) is 6.67. The van der Waals surface area contributed by atoms with Crippen LogP contribution in [0.2, 0.25) is 0 Å². The highest BCUT2D eigenvalue weighted by atomic mass is 32.2. The van der Waals surface area contributed by atoms with E-state index in [1.807, 2.05) is 0 Å². The molecule has 1 fully saturated rings. The normalized spacial score (nSPS) is 16.2. The number of amides is 1. The molecule has 1 aromatic rings. The number of rotatable bonds is 6. The van der Waals surface area contributed by atoms with Crippen LogP contribution in [0.1, 0.15) is 30.1 Å². The molecule has 0 bridgehead atoms. The van der Waals surface area contributed by atoms with Crippen LogP contribution in [-0.2, 0) is 14.8 Å². The van der Waals surface area contributed by atoms with Gasteiger partial charge in [-0.15, -0.1) is 0 Å². The molecule has 0 heterocycles. The van der Waals surface area contributed by atoms with Gasteiger partial charge < -0.3 is 10.4 Å². The fourth-order valence-electron chi connectivity index (χ4n) is 1.62. The maximum Gasteiger partial charge on any atom is 0.325 e. The highest BCUT2D eigenvalue weighted by molar-refractivity contribution is 7.89. The molecule has 3 N–H and O–H groups in total. The lowest BCUT2D eigenvalue weighted by molar-refractivity contribution is -0.138. The Kier molecular flexibility index (Phi) is 4.29. The summed E-state index contributed by atoms with van der Waals surface area (Å²) in [6, 6.07) is 4.35. The molecule has 1 amide bonds. The minimum absolute atomic E-state index is 0.00870. The number of benzene rings is 1. The predicted molar refractivity (Wildman–Crippen MR) is 74.3 cm³/mol. The number of nitrogens with one attached hydrogen (secondary N) is 2. The van der Waals surface area contributed by atoms with Gasteiger partial charge in [-0.05, 0) is 44.0 Å². The van der Waals surface area contributed by atoms with Gasteiger partial charge >= 0.3 is 5.97 Å². The number of carbonyl (C=O) groups is 2. The van der Waals surface area contributed by atoms with E-state index in [2.05, 4.69) is 10.0 Å². The molecule has 2 rings (SSSR count). The molecule has 0 saturated heterocycles. The molecular formula is C13H16N2O5S. The van der Waals surface area contributed by atoms with Crippen molar-refractivity contribution in [2.75, 3.05) is 0 Å². The first-order valence-corrected chi connectivity index (χ1v) is 7.94. The van der Waals surface area contributed by atoms with E-state index in [4.69, 9.17) is 5.11 Å². The van der Waals surface area contributed by atoms with Crippen LogP contribution in [0.25, 0.3) is 0 Å². The van der Waals surface area contributed by atoms with Gasteiger partial charge in [0, 0.05) is 11.6 Å². The zero-order valence-electron chi connectivity index (χ0n) is 11.4. The van der Waals surface area contributed by atoms with E-state index in [-0.39, 0.29) is 16.5 Å². The number of carboxylic acid groups (broad SMARTS) is 1. The molecular weight excluding hydrogens is 296 g/mol. The number of carbonyl (C=O) groups excluding carboxylic acids is 1. The van der Waals surface area contributed by atoms with Gasteiger partial charge in [-0.25, -0.2) is 13.1 Å². The van der Waals surface area contributed by atoms with Crippen LogP contribution < -0.4 is 10.0 Å². The first-order chi connectivity index (χ1) is 9.79. The van der Waals surface area contributed by atoms with Crippen LogP contribution in [0, 0.1) is 0 Å². The summed E-state index contributed by atoms with van der Waals surface area (Å²) in [5.74, 6) is -1.71. The number of aliphatic carboxylic acids is 1. The Morgan fingerprint density at radius 1 is 1.24 bits per heavy atom. The van der Waals surface area contributed by atoms with Crippen LogP contribution in [0.5, 0.6) is 0 Å². The maximum absolute atomic E-state index is 11.9. The van der Waals surface area contributed by atoms with Gasteiger partial charge in [0.2, 0.25) is 10.0 Å². The van der Waals surface area contributed by atoms with Gasteiger partial charge in [-0.3, -0.25) is 9.59 Å². The summed E-state index contributed by atoms with van der Waals surface area (Å²) in [4.78, 5) is 22.5. The second kappa shape index (κ2) is 5.82. The fraction of sp³-hybridized carbons (Fsp3) is 0.385. The second-order valence-electron chi connectivity index (χ2n) is 4.95. The van der Waals surface area contributed by atoms with Crippen molar-refractivity contribution in [3.63, 3.8) is 0 Å². The molecule has 8 heteroatoms. The van der Waals surface area contributed by atoms with Crippen molar-refractivity contribution in [1.82, 2.24) is 10.0 Å². The molecule has 1 saturated carbocycles. The summed E-state index contributed by atoms with van der Waals surface area (Å²) >= 11 is 0. The van der Waals surface area contributed by atoms with Crippen LogP contribution >= 0.6 is 0 Å². The molecule has 1 atom stereocenters. The van der Waals surface area contributed by atoms with Gasteiger partial charge in [0.25, 0.3) is 5.91 Å². The van der Waals surface area contributed by atoms with E-state index in [1.165, 1.54) is 31.2 Å². The summed E-state index contributed by atoms with van der Waals surface area (Å²) in [5.41, 5.74) is 0.202. The zero-order valence-corrected chi connectivity index (χ0v) is 12.2. The minimum atomic E-state index is -3.55. The molecule has 0 spiro atoms.